The van der Waals surface area contributed by atoms with Gasteiger partial charge in [-0.1, -0.05) is 18.9 Å². The van der Waals surface area contributed by atoms with E-state index < -0.39 is 0 Å². The molecule has 0 bridgehead atoms. The van der Waals surface area contributed by atoms with Crippen molar-refractivity contribution in [3.8, 4) is 0 Å². The number of carbonyl (C=O) groups is 2. The fraction of sp³-hybridized carbons (Fsp3) is 0.579. The summed E-state index contributed by atoms with van der Waals surface area (Å²) in [7, 11) is 1.85. The Labute approximate surface area is 145 Å². The molecule has 0 aliphatic carbocycles. The monoisotopic (exact) mass is 331 g/mol. The Balaban J connectivity index is 2.01. The van der Waals surface area contributed by atoms with E-state index in [1.54, 1.807) is 9.80 Å². The van der Waals surface area contributed by atoms with Crippen molar-refractivity contribution < 1.29 is 9.59 Å². The lowest BCUT2D eigenvalue weighted by Gasteiger charge is -2.24. The molecule has 1 N–H and O–H groups in total. The summed E-state index contributed by atoms with van der Waals surface area (Å²) in [5, 5.41) is 2.97. The molecular weight excluding hydrogens is 302 g/mol. The van der Waals surface area contributed by atoms with Crippen LogP contribution in [0.15, 0.2) is 18.2 Å². The van der Waals surface area contributed by atoms with Crippen LogP contribution >= 0.6 is 0 Å². The highest BCUT2D eigenvalue weighted by atomic mass is 16.2. The zero-order valence-corrected chi connectivity index (χ0v) is 15.1. The molecule has 1 aromatic rings. The van der Waals surface area contributed by atoms with Crippen LogP contribution in [0.25, 0.3) is 0 Å². The molecule has 2 rings (SSSR count). The van der Waals surface area contributed by atoms with E-state index in [-0.39, 0.29) is 11.9 Å². The fourth-order valence-corrected chi connectivity index (χ4v) is 2.89. The third kappa shape index (κ3) is 5.25. The Morgan fingerprint density at radius 2 is 1.71 bits per heavy atom. The molecule has 0 saturated carbocycles. The SMILES string of the molecule is Cc1ccc(NC(=O)N2CCCCCCN(C)C(=O)CC2)cc1C. The van der Waals surface area contributed by atoms with Gasteiger partial charge < -0.3 is 15.1 Å². The molecule has 1 aromatic carbocycles. The summed E-state index contributed by atoms with van der Waals surface area (Å²) in [6.45, 7) is 6.07. The van der Waals surface area contributed by atoms with Gasteiger partial charge in [-0.15, -0.1) is 0 Å². The van der Waals surface area contributed by atoms with Gasteiger partial charge in [-0.25, -0.2) is 4.79 Å². The van der Waals surface area contributed by atoms with Crippen LogP contribution in [0.1, 0.15) is 43.2 Å². The van der Waals surface area contributed by atoms with Crippen molar-refractivity contribution in [2.24, 2.45) is 0 Å². The second kappa shape index (κ2) is 8.71. The molecule has 0 spiro atoms. The third-order valence-electron chi connectivity index (χ3n) is 4.74. The van der Waals surface area contributed by atoms with Crippen LogP contribution in [0.2, 0.25) is 0 Å². The maximum Gasteiger partial charge on any atom is 0.321 e. The van der Waals surface area contributed by atoms with Crippen molar-refractivity contribution in [3.63, 3.8) is 0 Å². The van der Waals surface area contributed by atoms with Gasteiger partial charge in [0.2, 0.25) is 5.91 Å². The summed E-state index contributed by atoms with van der Waals surface area (Å²) < 4.78 is 0. The number of hydrogen-bond acceptors (Lipinski definition) is 2. The highest BCUT2D eigenvalue weighted by Crippen LogP contribution is 2.15. The number of rotatable bonds is 1. The van der Waals surface area contributed by atoms with Crippen molar-refractivity contribution >= 4 is 17.6 Å². The van der Waals surface area contributed by atoms with Gasteiger partial charge >= 0.3 is 6.03 Å². The van der Waals surface area contributed by atoms with E-state index >= 15 is 0 Å². The molecular formula is C19H29N3O2. The van der Waals surface area contributed by atoms with Crippen molar-refractivity contribution in [1.29, 1.82) is 0 Å². The smallest absolute Gasteiger partial charge is 0.321 e. The van der Waals surface area contributed by atoms with Crippen molar-refractivity contribution in [2.45, 2.75) is 46.0 Å². The van der Waals surface area contributed by atoms with E-state index in [2.05, 4.69) is 12.2 Å². The Bertz CT molecular complexity index is 586. The second-order valence-electron chi connectivity index (χ2n) is 6.70. The first kappa shape index (κ1) is 18.3. The first-order valence-corrected chi connectivity index (χ1v) is 8.84. The van der Waals surface area contributed by atoms with E-state index in [0.717, 1.165) is 43.5 Å². The highest BCUT2D eigenvalue weighted by molar-refractivity contribution is 5.89. The Morgan fingerprint density at radius 3 is 2.42 bits per heavy atom. The minimum atomic E-state index is -0.118. The van der Waals surface area contributed by atoms with Crippen LogP contribution < -0.4 is 5.32 Å². The van der Waals surface area contributed by atoms with Gasteiger partial charge in [-0.2, -0.15) is 0 Å². The average molecular weight is 331 g/mol. The van der Waals surface area contributed by atoms with E-state index in [1.807, 2.05) is 32.2 Å². The molecule has 132 valence electrons. The fourth-order valence-electron chi connectivity index (χ4n) is 2.89. The number of urea groups is 1. The van der Waals surface area contributed by atoms with Crippen LogP contribution in [-0.2, 0) is 4.79 Å². The summed E-state index contributed by atoms with van der Waals surface area (Å²) in [5.41, 5.74) is 3.17. The number of carbonyl (C=O) groups excluding carboxylic acids is 2. The van der Waals surface area contributed by atoms with Crippen LogP contribution in [0, 0.1) is 13.8 Å². The molecule has 24 heavy (non-hydrogen) atoms. The third-order valence-corrected chi connectivity index (χ3v) is 4.74. The number of nitrogens with zero attached hydrogens (tertiary/aromatic N) is 2. The average Bonchev–Trinajstić information content (AvgIpc) is 2.58. The minimum Gasteiger partial charge on any atom is -0.346 e. The minimum absolute atomic E-state index is 0.112. The van der Waals surface area contributed by atoms with Gasteiger partial charge in [0.15, 0.2) is 0 Å². The molecule has 3 amide bonds. The van der Waals surface area contributed by atoms with E-state index in [4.69, 9.17) is 0 Å². The molecule has 1 aliphatic rings. The number of aryl methyl sites for hydroxylation is 2. The molecule has 0 aromatic heterocycles. The van der Waals surface area contributed by atoms with Crippen molar-refractivity contribution in [2.75, 3.05) is 32.0 Å². The quantitative estimate of drug-likeness (QED) is 0.855. The van der Waals surface area contributed by atoms with Gasteiger partial charge in [0, 0.05) is 38.8 Å². The molecule has 0 unspecified atom stereocenters. The number of benzene rings is 1. The molecule has 1 saturated heterocycles. The van der Waals surface area contributed by atoms with Crippen molar-refractivity contribution in [3.05, 3.63) is 29.3 Å². The molecule has 5 nitrogen and oxygen atoms in total. The maximum absolute atomic E-state index is 12.6. The van der Waals surface area contributed by atoms with E-state index in [0.29, 0.717) is 19.5 Å². The normalized spacial score (nSPS) is 17.4. The topological polar surface area (TPSA) is 52.7 Å². The van der Waals surface area contributed by atoms with E-state index in [1.165, 1.54) is 5.56 Å². The Morgan fingerprint density at radius 1 is 1.00 bits per heavy atom. The van der Waals surface area contributed by atoms with Gasteiger partial charge in [-0.3, -0.25) is 4.79 Å². The summed E-state index contributed by atoms with van der Waals surface area (Å²) in [4.78, 5) is 28.3. The van der Waals surface area contributed by atoms with Crippen LogP contribution in [0.4, 0.5) is 10.5 Å². The first-order valence-electron chi connectivity index (χ1n) is 8.84. The van der Waals surface area contributed by atoms with Gasteiger partial charge in [-0.05, 0) is 49.9 Å². The van der Waals surface area contributed by atoms with Crippen LogP contribution in [0.5, 0.6) is 0 Å². The number of anilines is 1. The molecule has 1 aliphatic heterocycles. The molecule has 1 fully saturated rings. The van der Waals surface area contributed by atoms with Gasteiger partial charge in [0.05, 0.1) is 0 Å². The molecule has 0 atom stereocenters. The Hall–Kier alpha value is -2.04. The standard InChI is InChI=1S/C19H29N3O2/c1-15-8-9-17(14-16(15)2)20-19(24)22-12-7-5-4-6-11-21(3)18(23)10-13-22/h8-9,14H,4-7,10-13H2,1-3H3,(H,20,24). The summed E-state index contributed by atoms with van der Waals surface area (Å²) >= 11 is 0. The van der Waals surface area contributed by atoms with E-state index in [9.17, 15) is 9.59 Å². The number of amides is 3. The van der Waals surface area contributed by atoms with Crippen molar-refractivity contribution in [1.82, 2.24) is 9.80 Å². The second-order valence-corrected chi connectivity index (χ2v) is 6.70. The first-order chi connectivity index (χ1) is 11.5. The Kier molecular flexibility index (Phi) is 6.64. The van der Waals surface area contributed by atoms with Gasteiger partial charge in [0.25, 0.3) is 0 Å². The lowest BCUT2D eigenvalue weighted by atomic mass is 10.1. The summed E-state index contributed by atoms with van der Waals surface area (Å²) in [6.07, 6.45) is 4.60. The molecule has 1 heterocycles. The molecule has 5 heteroatoms. The predicted octanol–water partition coefficient (Wildman–Crippen LogP) is 3.56. The maximum atomic E-state index is 12.6. The van der Waals surface area contributed by atoms with Crippen LogP contribution in [-0.4, -0.2) is 48.4 Å². The zero-order valence-electron chi connectivity index (χ0n) is 15.1. The highest BCUT2D eigenvalue weighted by Gasteiger charge is 2.17. The summed E-state index contributed by atoms with van der Waals surface area (Å²) in [5.74, 6) is 0.112. The number of hydrogen-bond donors (Lipinski definition) is 1. The lowest BCUT2D eigenvalue weighted by molar-refractivity contribution is -0.130. The zero-order chi connectivity index (χ0) is 17.5. The van der Waals surface area contributed by atoms with Gasteiger partial charge in [0.1, 0.15) is 0 Å². The number of nitrogens with one attached hydrogen (secondary N) is 1. The molecule has 0 radical (unpaired) electrons. The summed E-state index contributed by atoms with van der Waals surface area (Å²) in [6, 6.07) is 5.80. The van der Waals surface area contributed by atoms with Crippen LogP contribution in [0.3, 0.4) is 0 Å². The lowest BCUT2D eigenvalue weighted by Crippen LogP contribution is -2.38. The largest absolute Gasteiger partial charge is 0.346 e. The predicted molar refractivity (Wildman–Crippen MR) is 97.2 cm³/mol.